The van der Waals surface area contributed by atoms with Crippen LogP contribution in [0, 0.1) is 0 Å². The van der Waals surface area contributed by atoms with E-state index in [1.807, 2.05) is 0 Å². The van der Waals surface area contributed by atoms with E-state index < -0.39 is 0 Å². The first-order valence-electron chi connectivity index (χ1n) is 7.85. The molecule has 3 nitrogen and oxygen atoms in total. The van der Waals surface area contributed by atoms with Gasteiger partial charge < -0.3 is 9.47 Å². The van der Waals surface area contributed by atoms with Crippen LogP contribution in [0.2, 0.25) is 0 Å². The summed E-state index contributed by atoms with van der Waals surface area (Å²) < 4.78 is 10.8. The zero-order valence-corrected chi connectivity index (χ0v) is 14.1. The predicted molar refractivity (Wildman–Crippen MR) is 90.8 cm³/mol. The summed E-state index contributed by atoms with van der Waals surface area (Å²) in [6, 6.07) is 4.28. The molecule has 0 amide bonds. The Kier molecular flexibility index (Phi) is 6.71. The molecule has 1 aliphatic heterocycles. The third kappa shape index (κ3) is 4.55. The fourth-order valence-electron chi connectivity index (χ4n) is 2.93. The lowest BCUT2D eigenvalue weighted by atomic mass is 9.98. The second kappa shape index (κ2) is 8.54. The Labute approximate surface area is 134 Å². The van der Waals surface area contributed by atoms with Gasteiger partial charge in [-0.1, -0.05) is 12.8 Å². The van der Waals surface area contributed by atoms with Crippen LogP contribution in [-0.4, -0.2) is 38.0 Å². The first kappa shape index (κ1) is 16.5. The Morgan fingerprint density at radius 2 is 1.67 bits per heavy atom. The van der Waals surface area contributed by atoms with E-state index in [-0.39, 0.29) is 0 Å². The number of thiol groups is 1. The second-order valence-electron chi connectivity index (χ2n) is 5.64. The Balaban J connectivity index is 1.90. The molecule has 0 saturated heterocycles. The van der Waals surface area contributed by atoms with Crippen LogP contribution in [0.3, 0.4) is 0 Å². The standard InChI is InChI=1S/C17H27NO2S/c1-19-16-11-14-7-9-18(8-5-3-4-6-10-21)13-15(14)12-17(16)20-2/h11-12,21H,3-10,13H2,1-2H3. The quantitative estimate of drug-likeness (QED) is 0.586. The van der Waals surface area contributed by atoms with E-state index in [0.717, 1.165) is 36.8 Å². The topological polar surface area (TPSA) is 21.7 Å². The summed E-state index contributed by atoms with van der Waals surface area (Å²) in [6.07, 6.45) is 6.25. The monoisotopic (exact) mass is 309 g/mol. The van der Waals surface area contributed by atoms with Gasteiger partial charge >= 0.3 is 0 Å². The molecule has 21 heavy (non-hydrogen) atoms. The Hall–Kier alpha value is -0.870. The van der Waals surface area contributed by atoms with Crippen molar-refractivity contribution in [3.8, 4) is 11.5 Å². The van der Waals surface area contributed by atoms with Crippen LogP contribution in [-0.2, 0) is 13.0 Å². The largest absolute Gasteiger partial charge is 0.493 e. The molecule has 0 radical (unpaired) electrons. The normalized spacial score (nSPS) is 14.8. The minimum atomic E-state index is 0.840. The number of nitrogens with zero attached hydrogens (tertiary/aromatic N) is 1. The Morgan fingerprint density at radius 1 is 1.00 bits per heavy atom. The molecule has 1 heterocycles. The van der Waals surface area contributed by atoms with Crippen molar-refractivity contribution in [3.05, 3.63) is 23.3 Å². The molecule has 1 aromatic rings. The number of rotatable bonds is 8. The smallest absolute Gasteiger partial charge is 0.161 e. The SMILES string of the molecule is COc1cc2c(cc1OC)CN(CCCCCCS)CC2. The minimum absolute atomic E-state index is 0.840. The van der Waals surface area contributed by atoms with Crippen LogP contribution < -0.4 is 9.47 Å². The van der Waals surface area contributed by atoms with Crippen molar-refractivity contribution >= 4 is 12.6 Å². The average molecular weight is 309 g/mol. The maximum Gasteiger partial charge on any atom is 0.161 e. The lowest BCUT2D eigenvalue weighted by Crippen LogP contribution is -2.31. The summed E-state index contributed by atoms with van der Waals surface area (Å²) in [5, 5.41) is 0. The summed E-state index contributed by atoms with van der Waals surface area (Å²) in [5.41, 5.74) is 2.79. The highest BCUT2D eigenvalue weighted by molar-refractivity contribution is 7.80. The lowest BCUT2D eigenvalue weighted by Gasteiger charge is -2.29. The third-order valence-electron chi connectivity index (χ3n) is 4.18. The molecular formula is C17H27NO2S. The molecular weight excluding hydrogens is 282 g/mol. The molecule has 0 spiro atoms. The molecule has 0 unspecified atom stereocenters. The molecule has 0 N–H and O–H groups in total. The van der Waals surface area contributed by atoms with Crippen LogP contribution >= 0.6 is 12.6 Å². The second-order valence-corrected chi connectivity index (χ2v) is 6.09. The third-order valence-corrected chi connectivity index (χ3v) is 4.50. The van der Waals surface area contributed by atoms with E-state index in [9.17, 15) is 0 Å². The van der Waals surface area contributed by atoms with Crippen molar-refractivity contribution in [2.24, 2.45) is 0 Å². The zero-order valence-electron chi connectivity index (χ0n) is 13.2. The van der Waals surface area contributed by atoms with Crippen LogP contribution in [0.1, 0.15) is 36.8 Å². The number of benzene rings is 1. The van der Waals surface area contributed by atoms with Crippen molar-refractivity contribution in [1.29, 1.82) is 0 Å². The summed E-state index contributed by atoms with van der Waals surface area (Å²) in [5.74, 6) is 2.70. The van der Waals surface area contributed by atoms with Gasteiger partial charge in [0.05, 0.1) is 14.2 Å². The molecule has 1 aromatic carbocycles. The summed E-state index contributed by atoms with van der Waals surface area (Å²) >= 11 is 4.26. The van der Waals surface area contributed by atoms with E-state index >= 15 is 0 Å². The molecule has 0 fully saturated rings. The maximum absolute atomic E-state index is 5.41. The fraction of sp³-hybridized carbons (Fsp3) is 0.647. The number of hydrogen-bond acceptors (Lipinski definition) is 4. The van der Waals surface area contributed by atoms with Gasteiger partial charge in [-0.25, -0.2) is 0 Å². The van der Waals surface area contributed by atoms with Crippen molar-refractivity contribution < 1.29 is 9.47 Å². The van der Waals surface area contributed by atoms with E-state index in [2.05, 4.69) is 29.7 Å². The van der Waals surface area contributed by atoms with Gasteiger partial charge in [0.15, 0.2) is 11.5 Å². The lowest BCUT2D eigenvalue weighted by molar-refractivity contribution is 0.247. The van der Waals surface area contributed by atoms with Gasteiger partial charge in [0.1, 0.15) is 0 Å². The van der Waals surface area contributed by atoms with E-state index in [4.69, 9.17) is 9.47 Å². The maximum atomic E-state index is 5.41. The first-order valence-corrected chi connectivity index (χ1v) is 8.48. The highest BCUT2D eigenvalue weighted by Crippen LogP contribution is 2.33. The number of fused-ring (bicyclic) bond motifs is 1. The van der Waals surface area contributed by atoms with Crippen molar-refractivity contribution in [2.45, 2.75) is 38.6 Å². The molecule has 0 bridgehead atoms. The van der Waals surface area contributed by atoms with Crippen molar-refractivity contribution in [1.82, 2.24) is 4.90 Å². The molecule has 0 saturated carbocycles. The van der Waals surface area contributed by atoms with Crippen LogP contribution in [0.5, 0.6) is 11.5 Å². The van der Waals surface area contributed by atoms with Gasteiger partial charge in [-0.2, -0.15) is 12.6 Å². The van der Waals surface area contributed by atoms with Crippen molar-refractivity contribution in [2.75, 3.05) is 33.1 Å². The Morgan fingerprint density at radius 3 is 2.33 bits per heavy atom. The molecule has 4 heteroatoms. The van der Waals surface area contributed by atoms with Gasteiger partial charge in [-0.15, -0.1) is 0 Å². The Bertz CT molecular complexity index is 451. The molecule has 0 atom stereocenters. The highest BCUT2D eigenvalue weighted by Gasteiger charge is 2.18. The molecule has 118 valence electrons. The van der Waals surface area contributed by atoms with Crippen LogP contribution in [0.15, 0.2) is 12.1 Å². The number of methoxy groups -OCH3 is 2. The first-order chi connectivity index (χ1) is 10.3. The van der Waals surface area contributed by atoms with E-state index in [0.29, 0.717) is 0 Å². The minimum Gasteiger partial charge on any atom is -0.493 e. The van der Waals surface area contributed by atoms with Crippen molar-refractivity contribution in [3.63, 3.8) is 0 Å². The van der Waals surface area contributed by atoms with Gasteiger partial charge in [0.2, 0.25) is 0 Å². The number of unbranched alkanes of at least 4 members (excludes halogenated alkanes) is 3. The molecule has 0 aromatic heterocycles. The van der Waals surface area contributed by atoms with Gasteiger partial charge in [-0.3, -0.25) is 4.90 Å². The van der Waals surface area contributed by atoms with E-state index in [1.54, 1.807) is 14.2 Å². The predicted octanol–water partition coefficient (Wildman–Crippen LogP) is 3.55. The van der Waals surface area contributed by atoms with Gasteiger partial charge in [0.25, 0.3) is 0 Å². The highest BCUT2D eigenvalue weighted by atomic mass is 32.1. The summed E-state index contributed by atoms with van der Waals surface area (Å²) in [4.78, 5) is 2.55. The summed E-state index contributed by atoms with van der Waals surface area (Å²) in [6.45, 7) is 3.37. The molecule has 2 rings (SSSR count). The number of hydrogen-bond donors (Lipinski definition) is 1. The molecule has 0 aliphatic carbocycles. The van der Waals surface area contributed by atoms with Crippen LogP contribution in [0.4, 0.5) is 0 Å². The summed E-state index contributed by atoms with van der Waals surface area (Å²) in [7, 11) is 3.40. The van der Waals surface area contributed by atoms with Gasteiger partial charge in [-0.05, 0) is 54.8 Å². The van der Waals surface area contributed by atoms with Crippen LogP contribution in [0.25, 0.3) is 0 Å². The fourth-order valence-corrected chi connectivity index (χ4v) is 3.16. The number of ether oxygens (including phenoxy) is 2. The zero-order chi connectivity index (χ0) is 15.1. The van der Waals surface area contributed by atoms with Gasteiger partial charge in [0, 0.05) is 13.1 Å². The average Bonchev–Trinajstić information content (AvgIpc) is 2.53. The van der Waals surface area contributed by atoms with E-state index in [1.165, 1.54) is 43.4 Å². The molecule has 1 aliphatic rings.